The molecule has 1 fully saturated rings. The van der Waals surface area contributed by atoms with Gasteiger partial charge in [0.05, 0.1) is 11.3 Å². The minimum atomic E-state index is -0.798. The van der Waals surface area contributed by atoms with Gasteiger partial charge in [0.25, 0.3) is 5.91 Å². The predicted octanol–water partition coefficient (Wildman–Crippen LogP) is 0.359. The molecule has 2 unspecified atom stereocenters. The molecule has 1 aromatic rings. The molecule has 5 nitrogen and oxygen atoms in total. The van der Waals surface area contributed by atoms with E-state index < -0.39 is 29.7 Å². The first kappa shape index (κ1) is 11.7. The fraction of sp³-hybridized carbons (Fsp3) is 0.154. The third-order valence-electron chi connectivity index (χ3n) is 2.95. The molecular weight excluding hydrogens is 253 g/mol. The summed E-state index contributed by atoms with van der Waals surface area (Å²) in [4.78, 5) is 34.9. The number of hydrogen-bond acceptors (Lipinski definition) is 4. The van der Waals surface area contributed by atoms with Gasteiger partial charge in [0, 0.05) is 6.08 Å². The van der Waals surface area contributed by atoms with Crippen molar-refractivity contribution in [3.05, 3.63) is 47.4 Å². The maximum absolute atomic E-state index is 13.4. The highest BCUT2D eigenvalue weighted by Crippen LogP contribution is 2.30. The summed E-state index contributed by atoms with van der Waals surface area (Å²) >= 11 is 0. The summed E-state index contributed by atoms with van der Waals surface area (Å²) in [7, 11) is 0. The number of epoxide rings is 1. The lowest BCUT2D eigenvalue weighted by atomic mass is 10.0. The van der Waals surface area contributed by atoms with Gasteiger partial charge in [-0.15, -0.1) is 0 Å². The highest BCUT2D eigenvalue weighted by Gasteiger charge is 2.53. The molecule has 0 bridgehead atoms. The van der Waals surface area contributed by atoms with Crippen LogP contribution in [0.3, 0.4) is 0 Å². The minimum Gasteiger partial charge on any atom is -0.352 e. The predicted molar refractivity (Wildman–Crippen MR) is 60.6 cm³/mol. The van der Waals surface area contributed by atoms with Gasteiger partial charge in [0.2, 0.25) is 5.78 Å². The number of Topliss-reactive ketones (excluding diaryl/α,β-unsaturated/α-hetero) is 1. The summed E-state index contributed by atoms with van der Waals surface area (Å²) in [5.41, 5.74) is -0.348. The van der Waals surface area contributed by atoms with E-state index >= 15 is 0 Å². The van der Waals surface area contributed by atoms with Gasteiger partial charge >= 0.3 is 0 Å². The molecule has 3 rings (SSSR count). The molecule has 96 valence electrons. The highest BCUT2D eigenvalue weighted by molar-refractivity contribution is 6.17. The van der Waals surface area contributed by atoms with Crippen LogP contribution in [-0.4, -0.2) is 29.7 Å². The maximum Gasteiger partial charge on any atom is 0.258 e. The van der Waals surface area contributed by atoms with E-state index in [0.717, 1.165) is 12.1 Å². The molecule has 1 N–H and O–H groups in total. The largest absolute Gasteiger partial charge is 0.352 e. The number of nitrogens with one attached hydrogen (secondary N) is 1. The number of carbonyl (C=O) groups is 3. The van der Waals surface area contributed by atoms with Gasteiger partial charge in [-0.2, -0.15) is 0 Å². The van der Waals surface area contributed by atoms with Crippen LogP contribution in [0, 0.1) is 5.82 Å². The van der Waals surface area contributed by atoms with Crippen molar-refractivity contribution in [2.45, 2.75) is 12.2 Å². The van der Waals surface area contributed by atoms with Crippen LogP contribution in [0.2, 0.25) is 0 Å². The van der Waals surface area contributed by atoms with Crippen LogP contribution in [0.1, 0.15) is 10.4 Å². The highest BCUT2D eigenvalue weighted by atomic mass is 19.1. The zero-order valence-electron chi connectivity index (χ0n) is 9.55. The molecule has 19 heavy (non-hydrogen) atoms. The number of fused-ring (bicyclic) bond motifs is 1. The summed E-state index contributed by atoms with van der Waals surface area (Å²) < 4.78 is 18.3. The number of ether oxygens (including phenoxy) is 1. The molecule has 1 aromatic carbocycles. The average molecular weight is 261 g/mol. The van der Waals surface area contributed by atoms with Gasteiger partial charge in [0.15, 0.2) is 18.0 Å². The van der Waals surface area contributed by atoms with Crippen LogP contribution in [0.4, 0.5) is 4.39 Å². The van der Waals surface area contributed by atoms with E-state index in [1.807, 2.05) is 0 Å². The lowest BCUT2D eigenvalue weighted by Crippen LogP contribution is -2.34. The minimum absolute atomic E-state index is 0.156. The van der Waals surface area contributed by atoms with Gasteiger partial charge in [-0.25, -0.2) is 4.39 Å². The molecule has 1 aliphatic carbocycles. The number of halogens is 1. The monoisotopic (exact) mass is 261 g/mol. The maximum atomic E-state index is 13.4. The topological polar surface area (TPSA) is 75.8 Å². The SMILES string of the molecule is O=C(NC1=CC(=O)C2OC2C1=O)c1ccccc1F. The first-order chi connectivity index (χ1) is 9.08. The Hall–Kier alpha value is -2.34. The first-order valence-corrected chi connectivity index (χ1v) is 5.59. The normalized spacial score (nSPS) is 24.6. The number of benzene rings is 1. The molecule has 0 saturated carbocycles. The molecule has 2 aliphatic rings. The van der Waals surface area contributed by atoms with Gasteiger partial charge in [-0.05, 0) is 12.1 Å². The molecule has 1 heterocycles. The van der Waals surface area contributed by atoms with Crippen molar-refractivity contribution in [3.8, 4) is 0 Å². The third kappa shape index (κ3) is 1.96. The van der Waals surface area contributed by atoms with Gasteiger partial charge in [-0.3, -0.25) is 14.4 Å². The van der Waals surface area contributed by atoms with E-state index in [0.29, 0.717) is 0 Å². The fourth-order valence-corrected chi connectivity index (χ4v) is 1.91. The van der Waals surface area contributed by atoms with Crippen molar-refractivity contribution in [3.63, 3.8) is 0 Å². The number of carbonyl (C=O) groups excluding carboxylic acids is 3. The number of ketones is 2. The van der Waals surface area contributed by atoms with Crippen LogP contribution in [-0.2, 0) is 14.3 Å². The Bertz CT molecular complexity index is 637. The summed E-state index contributed by atoms with van der Waals surface area (Å²) in [5.74, 6) is -2.30. The first-order valence-electron chi connectivity index (χ1n) is 5.59. The summed E-state index contributed by atoms with van der Waals surface area (Å²) in [6, 6.07) is 5.37. The Kier molecular flexibility index (Phi) is 2.53. The quantitative estimate of drug-likeness (QED) is 0.780. The Morgan fingerprint density at radius 1 is 1.21 bits per heavy atom. The second-order valence-electron chi connectivity index (χ2n) is 4.24. The zero-order chi connectivity index (χ0) is 13.6. The van der Waals surface area contributed by atoms with Crippen LogP contribution >= 0.6 is 0 Å². The van der Waals surface area contributed by atoms with Crippen LogP contribution in [0.5, 0.6) is 0 Å². The number of hydrogen-bond donors (Lipinski definition) is 1. The Morgan fingerprint density at radius 3 is 2.68 bits per heavy atom. The van der Waals surface area contributed by atoms with Crippen molar-refractivity contribution in [2.24, 2.45) is 0 Å². The molecule has 1 amide bonds. The van der Waals surface area contributed by atoms with Crippen LogP contribution in [0.25, 0.3) is 0 Å². The van der Waals surface area contributed by atoms with Crippen molar-refractivity contribution < 1.29 is 23.5 Å². The zero-order valence-corrected chi connectivity index (χ0v) is 9.55. The standard InChI is InChI=1S/C13H8FNO4/c14-7-4-2-1-3-6(7)13(18)15-8-5-9(16)11-12(19-11)10(8)17/h1-5,11-12H,(H,15,18). The Labute approximate surface area is 107 Å². The molecule has 2 atom stereocenters. The molecule has 0 spiro atoms. The number of rotatable bonds is 2. The van der Waals surface area contributed by atoms with E-state index in [1.54, 1.807) is 0 Å². The van der Waals surface area contributed by atoms with Gasteiger partial charge in [-0.1, -0.05) is 12.1 Å². The van der Waals surface area contributed by atoms with Crippen molar-refractivity contribution in [2.75, 3.05) is 0 Å². The summed E-state index contributed by atoms with van der Waals surface area (Å²) in [6.07, 6.45) is -0.482. The average Bonchev–Trinajstić information content (AvgIpc) is 3.17. The Balaban J connectivity index is 1.82. The van der Waals surface area contributed by atoms with E-state index in [-0.39, 0.29) is 17.0 Å². The molecular formula is C13H8FNO4. The smallest absolute Gasteiger partial charge is 0.258 e. The molecule has 1 aliphatic heterocycles. The number of amides is 1. The van der Waals surface area contributed by atoms with Gasteiger partial charge < -0.3 is 10.1 Å². The van der Waals surface area contributed by atoms with E-state index in [2.05, 4.69) is 5.32 Å². The van der Waals surface area contributed by atoms with Crippen LogP contribution in [0.15, 0.2) is 36.0 Å². The third-order valence-corrected chi connectivity index (χ3v) is 2.95. The lowest BCUT2D eigenvalue weighted by Gasteiger charge is -2.10. The Morgan fingerprint density at radius 2 is 1.95 bits per heavy atom. The lowest BCUT2D eigenvalue weighted by molar-refractivity contribution is -0.119. The van der Waals surface area contributed by atoms with Crippen molar-refractivity contribution >= 4 is 17.5 Å². The van der Waals surface area contributed by atoms with Crippen LogP contribution < -0.4 is 5.32 Å². The van der Waals surface area contributed by atoms with Crippen molar-refractivity contribution in [1.82, 2.24) is 5.32 Å². The van der Waals surface area contributed by atoms with E-state index in [9.17, 15) is 18.8 Å². The summed E-state index contributed by atoms with van der Waals surface area (Å²) in [6.45, 7) is 0. The molecule has 0 aromatic heterocycles. The van der Waals surface area contributed by atoms with Crippen molar-refractivity contribution in [1.29, 1.82) is 0 Å². The molecule has 1 saturated heterocycles. The molecule has 6 heteroatoms. The van der Waals surface area contributed by atoms with E-state index in [1.165, 1.54) is 18.2 Å². The van der Waals surface area contributed by atoms with E-state index in [4.69, 9.17) is 4.74 Å². The fourth-order valence-electron chi connectivity index (χ4n) is 1.91. The second kappa shape index (κ2) is 4.10. The summed E-state index contributed by atoms with van der Waals surface area (Å²) in [5, 5.41) is 2.25. The van der Waals surface area contributed by atoms with Gasteiger partial charge in [0.1, 0.15) is 5.82 Å². The molecule has 0 radical (unpaired) electrons. The second-order valence-corrected chi connectivity index (χ2v) is 4.24.